The largest absolute Gasteiger partial charge is 0.277 e. The highest BCUT2D eigenvalue weighted by atomic mass is 15.1. The molecule has 1 aromatic heterocycles. The molecule has 0 atom stereocenters. The fourth-order valence-corrected chi connectivity index (χ4v) is 2.00. The molecule has 1 heterocycles. The summed E-state index contributed by atoms with van der Waals surface area (Å²) < 4.78 is 0. The van der Waals surface area contributed by atoms with Gasteiger partial charge >= 0.3 is 0 Å². The minimum atomic E-state index is 0.990. The van der Waals surface area contributed by atoms with Gasteiger partial charge in [0.1, 0.15) is 0 Å². The van der Waals surface area contributed by atoms with Crippen molar-refractivity contribution in [3.05, 3.63) is 60.7 Å². The van der Waals surface area contributed by atoms with Gasteiger partial charge in [-0.05, 0) is 17.7 Å². The van der Waals surface area contributed by atoms with Crippen LogP contribution in [-0.2, 0) is 0 Å². The number of nitrogens with one attached hydrogen (secondary N) is 1. The van der Waals surface area contributed by atoms with Gasteiger partial charge < -0.3 is 0 Å². The first-order valence-electron chi connectivity index (χ1n) is 5.54. The van der Waals surface area contributed by atoms with Crippen molar-refractivity contribution in [3.63, 3.8) is 0 Å². The van der Waals surface area contributed by atoms with E-state index in [2.05, 4.69) is 35.0 Å². The number of benzene rings is 2. The molecule has 2 heteroatoms. The van der Waals surface area contributed by atoms with Gasteiger partial charge in [0.15, 0.2) is 0 Å². The fourth-order valence-electron chi connectivity index (χ4n) is 2.00. The molecule has 0 bridgehead atoms. The molecular weight excluding hydrogens is 208 g/mol. The van der Waals surface area contributed by atoms with E-state index in [0.29, 0.717) is 0 Å². The topological polar surface area (TPSA) is 28.7 Å². The molecule has 0 saturated carbocycles. The maximum absolute atomic E-state index is 4.38. The van der Waals surface area contributed by atoms with Crippen molar-refractivity contribution >= 4 is 17.0 Å². The lowest BCUT2D eigenvalue weighted by atomic mass is 10.1. The van der Waals surface area contributed by atoms with Crippen molar-refractivity contribution < 1.29 is 0 Å². The highest BCUT2D eigenvalue weighted by Gasteiger charge is 2.06. The van der Waals surface area contributed by atoms with Crippen LogP contribution in [0.5, 0.6) is 0 Å². The molecule has 3 rings (SSSR count). The van der Waals surface area contributed by atoms with Gasteiger partial charge in [-0.2, -0.15) is 5.10 Å². The molecule has 1 N–H and O–H groups in total. The van der Waals surface area contributed by atoms with Crippen LogP contribution in [-0.4, -0.2) is 10.2 Å². The lowest BCUT2D eigenvalue weighted by molar-refractivity contribution is 1.12. The van der Waals surface area contributed by atoms with Gasteiger partial charge in [0.2, 0.25) is 0 Å². The number of hydrogen-bond donors (Lipinski definition) is 1. The second-order valence-corrected chi connectivity index (χ2v) is 3.95. The first-order valence-corrected chi connectivity index (χ1v) is 5.54. The number of para-hydroxylation sites is 1. The van der Waals surface area contributed by atoms with Gasteiger partial charge in [-0.3, -0.25) is 5.10 Å². The molecule has 2 nitrogen and oxygen atoms in total. The normalized spacial score (nSPS) is 10.6. The zero-order chi connectivity index (χ0) is 11.7. The summed E-state index contributed by atoms with van der Waals surface area (Å²) in [6.45, 7) is 3.79. The predicted octanol–water partition coefficient (Wildman–Crippen LogP) is 3.87. The zero-order valence-corrected chi connectivity index (χ0v) is 9.35. The van der Waals surface area contributed by atoms with E-state index in [1.165, 1.54) is 0 Å². The summed E-state index contributed by atoms with van der Waals surface area (Å²) in [5.41, 5.74) is 4.27. The smallest absolute Gasteiger partial charge is 0.0999 e. The van der Waals surface area contributed by atoms with Crippen LogP contribution in [0.4, 0.5) is 0 Å². The molecule has 0 aliphatic rings. The summed E-state index contributed by atoms with van der Waals surface area (Å²) in [7, 11) is 0. The van der Waals surface area contributed by atoms with Crippen molar-refractivity contribution in [1.29, 1.82) is 0 Å². The molecule has 0 saturated heterocycles. The second-order valence-electron chi connectivity index (χ2n) is 3.95. The standard InChI is InChI=1S/C15H12N2/c1-2-11-6-5-7-12(10-11)15-13-8-3-4-9-14(13)16-17-15/h2-10H,1H2,(H,16,17). The van der Waals surface area contributed by atoms with Gasteiger partial charge in [0.25, 0.3) is 0 Å². The number of nitrogens with zero attached hydrogens (tertiary/aromatic N) is 1. The third-order valence-electron chi connectivity index (χ3n) is 2.87. The van der Waals surface area contributed by atoms with E-state index in [0.717, 1.165) is 27.7 Å². The maximum atomic E-state index is 4.38. The van der Waals surface area contributed by atoms with Crippen molar-refractivity contribution in [2.75, 3.05) is 0 Å². The van der Waals surface area contributed by atoms with Crippen LogP contribution < -0.4 is 0 Å². The third-order valence-corrected chi connectivity index (χ3v) is 2.87. The number of hydrogen-bond acceptors (Lipinski definition) is 1. The van der Waals surface area contributed by atoms with Crippen LogP contribution >= 0.6 is 0 Å². The van der Waals surface area contributed by atoms with E-state index in [1.807, 2.05) is 36.4 Å². The number of aromatic nitrogens is 2. The number of H-pyrrole nitrogens is 1. The Morgan fingerprint density at radius 3 is 2.82 bits per heavy atom. The molecule has 0 aliphatic heterocycles. The Kier molecular flexibility index (Phi) is 2.26. The van der Waals surface area contributed by atoms with Gasteiger partial charge in [-0.15, -0.1) is 0 Å². The van der Waals surface area contributed by atoms with Gasteiger partial charge in [-0.1, -0.05) is 49.1 Å². The van der Waals surface area contributed by atoms with Crippen molar-refractivity contribution in [2.45, 2.75) is 0 Å². The van der Waals surface area contributed by atoms with Crippen LogP contribution in [0.1, 0.15) is 5.56 Å². The van der Waals surface area contributed by atoms with Gasteiger partial charge in [-0.25, -0.2) is 0 Å². The van der Waals surface area contributed by atoms with Crippen molar-refractivity contribution in [2.24, 2.45) is 0 Å². The summed E-state index contributed by atoms with van der Waals surface area (Å²) in [6.07, 6.45) is 1.85. The Bertz CT molecular complexity index is 680. The van der Waals surface area contributed by atoms with E-state index in [4.69, 9.17) is 0 Å². The van der Waals surface area contributed by atoms with E-state index in [-0.39, 0.29) is 0 Å². The van der Waals surface area contributed by atoms with Crippen molar-refractivity contribution in [1.82, 2.24) is 10.2 Å². The quantitative estimate of drug-likeness (QED) is 0.697. The monoisotopic (exact) mass is 220 g/mol. The predicted molar refractivity (Wildman–Crippen MR) is 71.6 cm³/mol. The van der Waals surface area contributed by atoms with Crippen LogP contribution in [0.25, 0.3) is 28.2 Å². The third kappa shape index (κ3) is 1.64. The molecule has 2 aromatic carbocycles. The highest BCUT2D eigenvalue weighted by molar-refractivity contribution is 5.93. The van der Waals surface area contributed by atoms with E-state index >= 15 is 0 Å². The molecular formula is C15H12N2. The number of fused-ring (bicyclic) bond motifs is 1. The second kappa shape index (κ2) is 3.91. The molecule has 0 radical (unpaired) electrons. The summed E-state index contributed by atoms with van der Waals surface area (Å²) in [5.74, 6) is 0. The van der Waals surface area contributed by atoms with Crippen LogP contribution in [0.15, 0.2) is 55.1 Å². The summed E-state index contributed by atoms with van der Waals surface area (Å²) in [5, 5.41) is 8.58. The molecule has 0 amide bonds. The van der Waals surface area contributed by atoms with Crippen molar-refractivity contribution in [3.8, 4) is 11.3 Å². The maximum Gasteiger partial charge on any atom is 0.0999 e. The molecule has 0 fully saturated rings. The molecule has 0 unspecified atom stereocenters. The molecule has 3 aromatic rings. The average molecular weight is 220 g/mol. The van der Waals surface area contributed by atoms with Gasteiger partial charge in [0, 0.05) is 10.9 Å². The number of aromatic amines is 1. The lowest BCUT2D eigenvalue weighted by Gasteiger charge is -1.99. The zero-order valence-electron chi connectivity index (χ0n) is 9.35. The SMILES string of the molecule is C=Cc1cccc(-c2n[nH]c3ccccc23)c1. The first-order chi connectivity index (χ1) is 8.38. The Morgan fingerprint density at radius 2 is 1.94 bits per heavy atom. The van der Waals surface area contributed by atoms with E-state index in [9.17, 15) is 0 Å². The summed E-state index contributed by atoms with van der Waals surface area (Å²) >= 11 is 0. The molecule has 17 heavy (non-hydrogen) atoms. The minimum absolute atomic E-state index is 0.990. The number of rotatable bonds is 2. The highest BCUT2D eigenvalue weighted by Crippen LogP contribution is 2.26. The average Bonchev–Trinajstić information content (AvgIpc) is 2.82. The van der Waals surface area contributed by atoms with Crippen LogP contribution in [0, 0.1) is 0 Å². The Balaban J connectivity index is 2.23. The summed E-state index contributed by atoms with van der Waals surface area (Å²) in [6, 6.07) is 16.4. The van der Waals surface area contributed by atoms with Crippen LogP contribution in [0.3, 0.4) is 0 Å². The van der Waals surface area contributed by atoms with E-state index in [1.54, 1.807) is 0 Å². The Labute approximate surface area is 99.6 Å². The Morgan fingerprint density at radius 1 is 1.06 bits per heavy atom. The summed E-state index contributed by atoms with van der Waals surface area (Å²) in [4.78, 5) is 0. The lowest BCUT2D eigenvalue weighted by Crippen LogP contribution is -1.80. The van der Waals surface area contributed by atoms with Crippen LogP contribution in [0.2, 0.25) is 0 Å². The van der Waals surface area contributed by atoms with Gasteiger partial charge in [0.05, 0.1) is 11.2 Å². The molecule has 0 spiro atoms. The first kappa shape index (κ1) is 9.85. The minimum Gasteiger partial charge on any atom is -0.277 e. The van der Waals surface area contributed by atoms with E-state index < -0.39 is 0 Å². The Hall–Kier alpha value is -2.35. The molecule has 0 aliphatic carbocycles. The molecule has 82 valence electrons. The fraction of sp³-hybridized carbons (Fsp3) is 0.